The number of anilines is 1. The summed E-state index contributed by atoms with van der Waals surface area (Å²) in [5.74, 6) is -0.0261. The topological polar surface area (TPSA) is 110 Å². The van der Waals surface area contributed by atoms with Crippen LogP contribution in [0.4, 0.5) is 11.4 Å². The zero-order valence-electron chi connectivity index (χ0n) is 19.7. The number of nitrogens with one attached hydrogen (secondary N) is 2. The monoisotopic (exact) mass is 488 g/mol. The van der Waals surface area contributed by atoms with Gasteiger partial charge in [-0.1, -0.05) is 39.0 Å². The lowest BCUT2D eigenvalue weighted by Gasteiger charge is -2.18. The minimum absolute atomic E-state index is 0.0572. The normalized spacial score (nSPS) is 11.3. The molecule has 2 N–H and O–H groups in total. The van der Waals surface area contributed by atoms with E-state index >= 15 is 0 Å². The van der Waals surface area contributed by atoms with Crippen molar-refractivity contribution in [1.82, 2.24) is 10.3 Å². The fraction of sp³-hybridized carbons (Fsp3) is 0.192. The van der Waals surface area contributed by atoms with Crippen LogP contribution in [-0.2, 0) is 5.41 Å². The van der Waals surface area contributed by atoms with E-state index in [9.17, 15) is 14.9 Å². The van der Waals surface area contributed by atoms with Crippen molar-refractivity contribution in [2.75, 3.05) is 5.32 Å². The fourth-order valence-electron chi connectivity index (χ4n) is 3.64. The summed E-state index contributed by atoms with van der Waals surface area (Å²) in [5.41, 5.74) is 4.34. The number of oxazole rings is 1. The molecular weight excluding hydrogens is 464 g/mol. The van der Waals surface area contributed by atoms with Gasteiger partial charge in [0.25, 0.3) is 11.6 Å². The molecule has 4 rings (SSSR count). The predicted molar refractivity (Wildman–Crippen MR) is 140 cm³/mol. The van der Waals surface area contributed by atoms with Gasteiger partial charge < -0.3 is 9.73 Å². The van der Waals surface area contributed by atoms with Gasteiger partial charge in [0, 0.05) is 28.4 Å². The molecule has 178 valence electrons. The second-order valence-electron chi connectivity index (χ2n) is 9.14. The van der Waals surface area contributed by atoms with Crippen LogP contribution in [0, 0.1) is 17.0 Å². The number of nitro groups is 1. The maximum absolute atomic E-state index is 12.6. The van der Waals surface area contributed by atoms with E-state index in [1.807, 2.05) is 12.1 Å². The highest BCUT2D eigenvalue weighted by Crippen LogP contribution is 2.29. The maximum atomic E-state index is 12.6. The number of nitro benzene ring substituents is 1. The lowest BCUT2D eigenvalue weighted by Crippen LogP contribution is -2.34. The smallest absolute Gasteiger partial charge is 0.273 e. The predicted octanol–water partition coefficient (Wildman–Crippen LogP) is 6.14. The molecule has 9 heteroatoms. The van der Waals surface area contributed by atoms with Crippen LogP contribution in [0.15, 0.2) is 65.1 Å². The van der Waals surface area contributed by atoms with Crippen LogP contribution in [0.2, 0.25) is 0 Å². The number of carbonyl (C=O) groups is 1. The minimum atomic E-state index is -0.535. The second-order valence-corrected chi connectivity index (χ2v) is 9.55. The van der Waals surface area contributed by atoms with E-state index in [1.165, 1.54) is 30.7 Å². The number of amides is 1. The van der Waals surface area contributed by atoms with Crippen molar-refractivity contribution in [3.8, 4) is 11.5 Å². The van der Waals surface area contributed by atoms with E-state index in [0.29, 0.717) is 22.7 Å². The zero-order valence-corrected chi connectivity index (χ0v) is 20.5. The largest absolute Gasteiger partial charge is 0.436 e. The van der Waals surface area contributed by atoms with Crippen molar-refractivity contribution < 1.29 is 14.1 Å². The van der Waals surface area contributed by atoms with Crippen LogP contribution in [0.1, 0.15) is 42.3 Å². The minimum Gasteiger partial charge on any atom is -0.436 e. The molecule has 0 saturated carbocycles. The molecule has 0 bridgehead atoms. The van der Waals surface area contributed by atoms with E-state index < -0.39 is 10.8 Å². The third kappa shape index (κ3) is 5.20. The molecule has 1 aromatic heterocycles. The summed E-state index contributed by atoms with van der Waals surface area (Å²) in [4.78, 5) is 27.8. The summed E-state index contributed by atoms with van der Waals surface area (Å²) < 4.78 is 5.91. The highest BCUT2D eigenvalue weighted by atomic mass is 32.1. The summed E-state index contributed by atoms with van der Waals surface area (Å²) in [7, 11) is 0. The van der Waals surface area contributed by atoms with Gasteiger partial charge in [-0.3, -0.25) is 20.2 Å². The molecule has 0 atom stereocenters. The molecule has 0 unspecified atom stereocenters. The number of fused-ring (bicyclic) bond motifs is 1. The number of carbonyl (C=O) groups excluding carboxylic acids is 1. The molecule has 0 fully saturated rings. The van der Waals surface area contributed by atoms with Crippen molar-refractivity contribution in [3.63, 3.8) is 0 Å². The van der Waals surface area contributed by atoms with Gasteiger partial charge in [0.05, 0.1) is 4.92 Å². The first-order valence-electron chi connectivity index (χ1n) is 10.9. The number of aromatic nitrogens is 1. The van der Waals surface area contributed by atoms with E-state index in [-0.39, 0.29) is 27.3 Å². The Morgan fingerprint density at radius 1 is 1.09 bits per heavy atom. The van der Waals surface area contributed by atoms with Crippen LogP contribution in [-0.4, -0.2) is 20.9 Å². The number of rotatable bonds is 4. The average molecular weight is 489 g/mol. The van der Waals surface area contributed by atoms with E-state index in [2.05, 4.69) is 48.5 Å². The maximum Gasteiger partial charge on any atom is 0.273 e. The molecule has 0 aliphatic heterocycles. The first-order valence-corrected chi connectivity index (χ1v) is 11.3. The molecule has 4 aromatic rings. The number of hydrogen-bond donors (Lipinski definition) is 2. The molecule has 0 saturated heterocycles. The van der Waals surface area contributed by atoms with Crippen LogP contribution < -0.4 is 10.6 Å². The molecule has 3 aromatic carbocycles. The van der Waals surface area contributed by atoms with Gasteiger partial charge in [0.2, 0.25) is 5.89 Å². The summed E-state index contributed by atoms with van der Waals surface area (Å²) in [6.07, 6.45) is 0. The molecular formula is C26H24N4O4S. The van der Waals surface area contributed by atoms with Gasteiger partial charge in [-0.2, -0.15) is 0 Å². The van der Waals surface area contributed by atoms with Crippen molar-refractivity contribution in [1.29, 1.82) is 0 Å². The highest BCUT2D eigenvalue weighted by molar-refractivity contribution is 7.80. The van der Waals surface area contributed by atoms with Gasteiger partial charge in [-0.15, -0.1) is 0 Å². The van der Waals surface area contributed by atoms with Crippen LogP contribution in [0.5, 0.6) is 0 Å². The lowest BCUT2D eigenvalue weighted by molar-refractivity contribution is -0.385. The lowest BCUT2D eigenvalue weighted by atomic mass is 9.87. The Bertz CT molecular complexity index is 1450. The number of nitrogens with zero attached hydrogens (tertiary/aromatic N) is 2. The third-order valence-electron chi connectivity index (χ3n) is 5.62. The Hall–Kier alpha value is -4.11. The van der Waals surface area contributed by atoms with Gasteiger partial charge in [-0.05, 0) is 66.5 Å². The highest BCUT2D eigenvalue weighted by Gasteiger charge is 2.19. The van der Waals surface area contributed by atoms with Gasteiger partial charge in [-0.25, -0.2) is 4.98 Å². The van der Waals surface area contributed by atoms with Crippen LogP contribution >= 0.6 is 12.2 Å². The first kappa shape index (κ1) is 24.0. The SMILES string of the molecule is Cc1c(C(=O)NC(=S)Nc2ccc3oc(-c4ccc(C(C)(C)C)cc4)nc3c2)cccc1[N+](=O)[O-]. The van der Waals surface area contributed by atoms with E-state index in [0.717, 1.165) is 5.56 Å². The Labute approximate surface area is 207 Å². The van der Waals surface area contributed by atoms with Crippen LogP contribution in [0.25, 0.3) is 22.6 Å². The second kappa shape index (κ2) is 9.27. The quantitative estimate of drug-likeness (QED) is 0.202. The molecule has 0 aliphatic carbocycles. The molecule has 8 nitrogen and oxygen atoms in total. The van der Waals surface area contributed by atoms with Crippen molar-refractivity contribution >= 4 is 45.7 Å². The zero-order chi connectivity index (χ0) is 25.3. The molecule has 0 radical (unpaired) electrons. The molecule has 0 spiro atoms. The summed E-state index contributed by atoms with van der Waals surface area (Å²) in [5, 5.41) is 16.7. The first-order chi connectivity index (χ1) is 16.5. The molecule has 1 heterocycles. The Morgan fingerprint density at radius 3 is 2.46 bits per heavy atom. The summed E-state index contributed by atoms with van der Waals surface area (Å²) in [6, 6.07) is 17.7. The van der Waals surface area contributed by atoms with Gasteiger partial charge in [0.15, 0.2) is 10.7 Å². The van der Waals surface area contributed by atoms with Gasteiger partial charge >= 0.3 is 0 Å². The number of benzene rings is 3. The van der Waals surface area contributed by atoms with Gasteiger partial charge in [0.1, 0.15) is 5.52 Å². The number of thiocarbonyl (C=S) groups is 1. The van der Waals surface area contributed by atoms with E-state index in [1.54, 1.807) is 18.2 Å². The Kier molecular flexibility index (Phi) is 6.36. The third-order valence-corrected chi connectivity index (χ3v) is 5.82. The summed E-state index contributed by atoms with van der Waals surface area (Å²) in [6.45, 7) is 8.01. The molecule has 35 heavy (non-hydrogen) atoms. The molecule has 1 amide bonds. The summed E-state index contributed by atoms with van der Waals surface area (Å²) >= 11 is 5.27. The van der Waals surface area contributed by atoms with Crippen LogP contribution in [0.3, 0.4) is 0 Å². The van der Waals surface area contributed by atoms with E-state index in [4.69, 9.17) is 16.6 Å². The standard InChI is InChI=1S/C26H24N4O4S/c1-15-19(6-5-7-21(15)30(32)33)23(31)29-25(35)27-18-12-13-22-20(14-18)28-24(34-22)16-8-10-17(11-9-16)26(2,3)4/h5-14H,1-4H3,(H2,27,29,31,35). The number of hydrogen-bond acceptors (Lipinski definition) is 6. The fourth-order valence-corrected chi connectivity index (χ4v) is 3.85. The Morgan fingerprint density at radius 2 is 1.80 bits per heavy atom. The van der Waals surface area contributed by atoms with Crippen molar-refractivity contribution in [2.24, 2.45) is 0 Å². The van der Waals surface area contributed by atoms with Crippen molar-refractivity contribution in [3.05, 3.63) is 87.5 Å². The average Bonchev–Trinajstić information content (AvgIpc) is 3.22. The van der Waals surface area contributed by atoms with Crippen molar-refractivity contribution in [2.45, 2.75) is 33.1 Å². The Balaban J connectivity index is 1.48. The molecule has 0 aliphatic rings.